The minimum absolute atomic E-state index is 0.150. The molecule has 0 bridgehead atoms. The van der Waals surface area contributed by atoms with Crippen molar-refractivity contribution in [3.05, 3.63) is 23.5 Å². The van der Waals surface area contributed by atoms with Crippen molar-refractivity contribution in [2.45, 2.75) is 80.1 Å². The number of aliphatic hydroxyl groups is 1. The Hall–Kier alpha value is -1.05. The molecule has 2 fully saturated rings. The molecule has 0 radical (unpaired) electrons. The molecule has 0 saturated heterocycles. The zero-order valence-electron chi connectivity index (χ0n) is 17.5. The van der Waals surface area contributed by atoms with E-state index >= 15 is 0 Å². The minimum Gasteiger partial charge on any atom is -0.512 e. The number of carbonyl (C=O) groups is 1. The van der Waals surface area contributed by atoms with Crippen LogP contribution in [0.3, 0.4) is 0 Å². The van der Waals surface area contributed by atoms with E-state index in [9.17, 15) is 9.90 Å². The van der Waals surface area contributed by atoms with Crippen molar-refractivity contribution in [3.8, 4) is 0 Å². The molecule has 0 aromatic rings. The normalized spacial score (nSPS) is 49.4. The van der Waals surface area contributed by atoms with Gasteiger partial charge in [-0.1, -0.05) is 32.4 Å². The second kappa shape index (κ2) is 5.26. The van der Waals surface area contributed by atoms with Crippen LogP contribution in [0.1, 0.15) is 80.1 Å². The average molecular weight is 357 g/mol. The molecule has 0 amide bonds. The summed E-state index contributed by atoms with van der Waals surface area (Å²) in [5.41, 5.74) is 1.78. The Morgan fingerprint density at radius 1 is 1.00 bits per heavy atom. The second-order valence-electron chi connectivity index (χ2n) is 11.0. The van der Waals surface area contributed by atoms with Gasteiger partial charge in [0.2, 0.25) is 0 Å². The number of ketones is 1. The first kappa shape index (κ1) is 18.3. The fourth-order valence-corrected chi connectivity index (χ4v) is 8.06. The largest absolute Gasteiger partial charge is 0.512 e. The number of rotatable bonds is 1. The Morgan fingerprint density at radius 2 is 1.65 bits per heavy atom. The average Bonchev–Trinajstić information content (AvgIpc) is 2.84. The van der Waals surface area contributed by atoms with Gasteiger partial charge in [0.05, 0.1) is 5.76 Å². The van der Waals surface area contributed by atoms with Gasteiger partial charge in [-0.05, 0) is 93.5 Å². The Balaban J connectivity index is 1.78. The summed E-state index contributed by atoms with van der Waals surface area (Å²) in [5.74, 6) is 2.51. The van der Waals surface area contributed by atoms with Crippen LogP contribution in [0.2, 0.25) is 0 Å². The van der Waals surface area contributed by atoms with Gasteiger partial charge < -0.3 is 5.11 Å². The number of fused-ring (bicyclic) bond motifs is 5. The number of carbonyl (C=O) groups excluding carboxylic acids is 1. The van der Waals surface area contributed by atoms with E-state index in [4.69, 9.17) is 0 Å². The van der Waals surface area contributed by atoms with Crippen LogP contribution in [-0.2, 0) is 4.79 Å². The number of hydrogen-bond donors (Lipinski definition) is 1. The van der Waals surface area contributed by atoms with Crippen LogP contribution in [0.25, 0.3) is 0 Å². The molecule has 0 aromatic heterocycles. The van der Waals surface area contributed by atoms with Crippen LogP contribution in [0.5, 0.6) is 0 Å². The van der Waals surface area contributed by atoms with Gasteiger partial charge in [-0.15, -0.1) is 0 Å². The second-order valence-corrected chi connectivity index (χ2v) is 11.0. The molecular formula is C24H36O2. The third-order valence-electron chi connectivity index (χ3n) is 9.84. The number of allylic oxidation sites excluding steroid dienone is 3. The highest BCUT2D eigenvalue weighted by molar-refractivity contribution is 5.79. The number of aliphatic hydroxyl groups excluding tert-OH is 1. The van der Waals surface area contributed by atoms with E-state index in [1.807, 2.05) is 6.92 Å². The third kappa shape index (κ3) is 1.97. The van der Waals surface area contributed by atoms with Crippen LogP contribution in [-0.4, -0.2) is 10.9 Å². The lowest BCUT2D eigenvalue weighted by molar-refractivity contribution is -0.135. The van der Waals surface area contributed by atoms with Crippen molar-refractivity contribution in [2.75, 3.05) is 0 Å². The quantitative estimate of drug-likeness (QED) is 0.565. The van der Waals surface area contributed by atoms with E-state index in [1.165, 1.54) is 24.8 Å². The summed E-state index contributed by atoms with van der Waals surface area (Å²) in [6, 6.07) is 0. The molecular weight excluding hydrogens is 320 g/mol. The fraction of sp³-hybridized carbons (Fsp3) is 0.792. The molecule has 0 aliphatic heterocycles. The Bertz CT molecular complexity index is 714. The summed E-state index contributed by atoms with van der Waals surface area (Å²) < 4.78 is 0. The third-order valence-corrected chi connectivity index (χ3v) is 9.84. The zero-order chi connectivity index (χ0) is 19.1. The van der Waals surface area contributed by atoms with Crippen LogP contribution in [0.15, 0.2) is 23.5 Å². The van der Waals surface area contributed by atoms with Gasteiger partial charge in [-0.3, -0.25) is 4.79 Å². The summed E-state index contributed by atoms with van der Waals surface area (Å²) in [5, 5.41) is 10.5. The topological polar surface area (TPSA) is 37.3 Å². The molecule has 4 aliphatic rings. The van der Waals surface area contributed by atoms with Crippen LogP contribution in [0, 0.1) is 39.4 Å². The molecule has 0 heterocycles. The summed E-state index contributed by atoms with van der Waals surface area (Å²) in [6.07, 6.45) is 11.3. The highest BCUT2D eigenvalue weighted by Crippen LogP contribution is 2.72. The van der Waals surface area contributed by atoms with Crippen molar-refractivity contribution in [1.82, 2.24) is 0 Å². The minimum atomic E-state index is -0.239. The van der Waals surface area contributed by atoms with Crippen molar-refractivity contribution < 1.29 is 9.90 Å². The summed E-state index contributed by atoms with van der Waals surface area (Å²) in [6.45, 7) is 13.5. The predicted molar refractivity (Wildman–Crippen MR) is 106 cm³/mol. The summed E-state index contributed by atoms with van der Waals surface area (Å²) >= 11 is 0. The first-order valence-electron chi connectivity index (χ1n) is 10.6. The van der Waals surface area contributed by atoms with Crippen LogP contribution >= 0.6 is 0 Å². The molecule has 0 spiro atoms. The fourth-order valence-electron chi connectivity index (χ4n) is 8.06. The maximum atomic E-state index is 12.4. The number of Topliss-reactive ketones (excluding diaryl/α,β-unsaturated/α-hetero) is 1. The first-order valence-corrected chi connectivity index (χ1v) is 10.6. The van der Waals surface area contributed by atoms with E-state index in [-0.39, 0.29) is 27.6 Å². The van der Waals surface area contributed by atoms with Crippen LogP contribution < -0.4 is 0 Å². The van der Waals surface area contributed by atoms with Crippen molar-refractivity contribution in [1.29, 1.82) is 0 Å². The molecule has 26 heavy (non-hydrogen) atoms. The van der Waals surface area contributed by atoms with E-state index < -0.39 is 0 Å². The monoisotopic (exact) mass is 356 g/mol. The molecule has 4 rings (SSSR count). The molecule has 0 unspecified atom stereocenters. The maximum absolute atomic E-state index is 12.4. The van der Waals surface area contributed by atoms with Gasteiger partial charge >= 0.3 is 0 Å². The smallest absolute Gasteiger partial charge is 0.133 e. The van der Waals surface area contributed by atoms with Crippen molar-refractivity contribution >= 4 is 5.78 Å². The summed E-state index contributed by atoms with van der Waals surface area (Å²) in [4.78, 5) is 12.4. The predicted octanol–water partition coefficient (Wildman–Crippen LogP) is 6.23. The first-order chi connectivity index (χ1) is 12.0. The van der Waals surface area contributed by atoms with E-state index in [2.05, 4.69) is 46.8 Å². The lowest BCUT2D eigenvalue weighted by Crippen LogP contribution is -2.56. The molecule has 144 valence electrons. The molecule has 2 nitrogen and oxygen atoms in total. The van der Waals surface area contributed by atoms with E-state index in [1.54, 1.807) is 0 Å². The Kier molecular flexibility index (Phi) is 3.71. The van der Waals surface area contributed by atoms with Gasteiger partial charge in [0.15, 0.2) is 0 Å². The van der Waals surface area contributed by atoms with Gasteiger partial charge in [-0.2, -0.15) is 0 Å². The molecule has 0 aromatic carbocycles. The molecule has 2 heteroatoms. The molecule has 1 N–H and O–H groups in total. The van der Waals surface area contributed by atoms with Crippen molar-refractivity contribution in [2.24, 2.45) is 39.4 Å². The summed E-state index contributed by atoms with van der Waals surface area (Å²) in [7, 11) is 0. The zero-order valence-corrected chi connectivity index (χ0v) is 17.5. The Labute approximate surface area is 159 Å². The SMILES string of the molecule is CC(=O)[C@H]1CC[C@@]2(C)[C@@H]3CC=C4C(C)(C)C(O)=CC[C@]4(C)[C@H]3CC[C@]12C. The van der Waals surface area contributed by atoms with E-state index in [0.717, 1.165) is 19.3 Å². The molecule has 2 saturated carbocycles. The highest BCUT2D eigenvalue weighted by atomic mass is 16.3. The maximum Gasteiger partial charge on any atom is 0.133 e. The standard InChI is InChI=1S/C24H36O2/c1-15(25)16-9-13-24(6)18-7-8-19-21(2,3)20(26)11-12-22(19,4)17(18)10-14-23(16,24)5/h8,11,16-18,26H,7,9-10,12-14H2,1-6H3/t16-,17+,18-,22-,23-,24+/m1/s1. The van der Waals surface area contributed by atoms with Gasteiger partial charge in [-0.25, -0.2) is 0 Å². The van der Waals surface area contributed by atoms with Gasteiger partial charge in [0.1, 0.15) is 5.78 Å². The molecule has 6 atom stereocenters. The Morgan fingerprint density at radius 3 is 2.31 bits per heavy atom. The van der Waals surface area contributed by atoms with Gasteiger partial charge in [0, 0.05) is 11.3 Å². The van der Waals surface area contributed by atoms with Gasteiger partial charge in [0.25, 0.3) is 0 Å². The number of hydrogen-bond acceptors (Lipinski definition) is 2. The van der Waals surface area contributed by atoms with Crippen LogP contribution in [0.4, 0.5) is 0 Å². The molecule has 4 aliphatic carbocycles. The highest BCUT2D eigenvalue weighted by Gasteiger charge is 2.65. The lowest BCUT2D eigenvalue weighted by Gasteiger charge is -2.63. The van der Waals surface area contributed by atoms with E-state index in [0.29, 0.717) is 23.4 Å². The lowest BCUT2D eigenvalue weighted by atomic mass is 9.41. The van der Waals surface area contributed by atoms with Crippen molar-refractivity contribution in [3.63, 3.8) is 0 Å².